The van der Waals surface area contributed by atoms with E-state index in [1.165, 1.54) is 53.1 Å². The first kappa shape index (κ1) is 27.0. The van der Waals surface area contributed by atoms with Crippen molar-refractivity contribution in [2.45, 2.75) is 72.6 Å². The molecule has 2 fully saturated rings. The van der Waals surface area contributed by atoms with Crippen molar-refractivity contribution in [2.24, 2.45) is 34.5 Å². The van der Waals surface area contributed by atoms with E-state index in [1.807, 2.05) is 26.2 Å². The van der Waals surface area contributed by atoms with E-state index in [0.29, 0.717) is 30.1 Å². The van der Waals surface area contributed by atoms with Gasteiger partial charge in [0.05, 0.1) is 22.9 Å². The second-order valence-corrected chi connectivity index (χ2v) is 11.6. The first-order chi connectivity index (χ1) is 15.9. The summed E-state index contributed by atoms with van der Waals surface area (Å²) in [5.41, 5.74) is 3.14. The Balaban J connectivity index is 0.00000149. The van der Waals surface area contributed by atoms with E-state index in [9.17, 15) is 4.79 Å². The van der Waals surface area contributed by atoms with Crippen molar-refractivity contribution in [1.29, 1.82) is 0 Å². The fourth-order valence-electron chi connectivity index (χ4n) is 7.37. The number of ether oxygens (including phenoxy) is 1. The van der Waals surface area contributed by atoms with Gasteiger partial charge in [0.1, 0.15) is 0 Å². The van der Waals surface area contributed by atoms with Gasteiger partial charge in [-0.3, -0.25) is 9.78 Å². The van der Waals surface area contributed by atoms with Crippen molar-refractivity contribution >= 4 is 42.0 Å². The summed E-state index contributed by atoms with van der Waals surface area (Å²) in [5, 5.41) is 0. The van der Waals surface area contributed by atoms with Gasteiger partial charge in [0.25, 0.3) is 0 Å². The number of halogens is 1. The minimum absolute atomic E-state index is 0.0686. The van der Waals surface area contributed by atoms with Crippen molar-refractivity contribution < 1.29 is 13.7 Å². The van der Waals surface area contributed by atoms with Gasteiger partial charge in [-0.05, 0) is 90.2 Å². The number of esters is 1. The van der Waals surface area contributed by atoms with E-state index in [1.54, 1.807) is 0 Å². The normalized spacial score (nSPS) is 34.9. The third-order valence-corrected chi connectivity index (χ3v) is 10.0. The van der Waals surface area contributed by atoms with E-state index < -0.39 is 0 Å². The number of hydrogen-bond donors (Lipinski definition) is 0. The van der Waals surface area contributed by atoms with Crippen molar-refractivity contribution in [3.05, 3.63) is 36.2 Å². The monoisotopic (exact) mass is 585 g/mol. The summed E-state index contributed by atoms with van der Waals surface area (Å²) >= 11 is 2.19. The predicted octanol–water partition coefficient (Wildman–Crippen LogP) is 7.93. The van der Waals surface area contributed by atoms with Gasteiger partial charge in [-0.2, -0.15) is 0 Å². The molecule has 1 heterocycles. The summed E-state index contributed by atoms with van der Waals surface area (Å²) in [7, 11) is 2.93. The molecule has 0 spiro atoms. The van der Waals surface area contributed by atoms with Crippen LogP contribution in [-0.4, -0.2) is 24.7 Å². The molecule has 0 bridgehead atoms. The zero-order valence-corrected chi connectivity index (χ0v) is 23.8. The number of nitrogens with zero attached hydrogens (tertiary/aromatic N) is 1. The number of allylic oxidation sites excluding steroid dienone is 2. The molecule has 1 aromatic rings. The van der Waals surface area contributed by atoms with Crippen LogP contribution in [0.4, 0.5) is 0 Å². The molecule has 6 atom stereocenters. The van der Waals surface area contributed by atoms with Crippen LogP contribution in [0.5, 0.6) is 0 Å². The summed E-state index contributed by atoms with van der Waals surface area (Å²) in [6.45, 7) is 9.67. The summed E-state index contributed by atoms with van der Waals surface area (Å²) in [4.78, 5) is 16.6. The van der Waals surface area contributed by atoms with Gasteiger partial charge in [-0.1, -0.05) is 39.8 Å². The molecule has 0 saturated heterocycles. The van der Waals surface area contributed by atoms with Gasteiger partial charge < -0.3 is 8.92 Å². The molecule has 6 unspecified atom stereocenters. The Kier molecular flexibility index (Phi) is 9.73. The second kappa shape index (κ2) is 11.9. The van der Waals surface area contributed by atoms with E-state index in [4.69, 9.17) is 8.92 Å². The van der Waals surface area contributed by atoms with Crippen LogP contribution in [0.2, 0.25) is 0 Å². The van der Waals surface area contributed by atoms with Crippen molar-refractivity contribution in [3.8, 4) is 0 Å². The van der Waals surface area contributed by atoms with Crippen LogP contribution in [0, 0.1) is 34.5 Å². The predicted molar refractivity (Wildman–Crippen MR) is 146 cm³/mol. The smallest absolute Gasteiger partial charge is 0.305 e. The Bertz CT molecular complexity index is 819. The standard InChI is InChI=1S/C25H34INO3S.C2H6/c1-24(12-14-30-31-26)18(15-23(28)29-3)6-7-19-21-9-8-20(17-5-4-13-27-16-17)25(21,2)11-10-22(19)24;1-2/h4-5,8,13,16,18-19,21-22H,6-7,9-12,14-15H2,1-3H3;1-2H3. The fourth-order valence-corrected chi connectivity index (χ4v) is 8.06. The Morgan fingerprint density at radius 1 is 1.24 bits per heavy atom. The Hall–Kier alpha value is -0.600. The molecule has 0 radical (unpaired) electrons. The molecule has 3 aliphatic rings. The molecule has 33 heavy (non-hydrogen) atoms. The number of hydrogen-bond acceptors (Lipinski definition) is 5. The molecule has 1 aromatic heterocycles. The third-order valence-electron chi connectivity index (χ3n) is 9.03. The number of pyridine rings is 1. The maximum atomic E-state index is 12.2. The SMILES string of the molecule is CC.COC(=O)CC1CCC2C3CC=C(c4cccnc4)C3(C)CCC2C1(C)CCOSI. The average molecular weight is 586 g/mol. The first-order valence-corrected chi connectivity index (χ1v) is 15.8. The van der Waals surface area contributed by atoms with E-state index >= 15 is 0 Å². The molecular formula is C27H40INO3S. The quantitative estimate of drug-likeness (QED) is 0.141. The Morgan fingerprint density at radius 2 is 2.03 bits per heavy atom. The van der Waals surface area contributed by atoms with Gasteiger partial charge in [0.2, 0.25) is 0 Å². The van der Waals surface area contributed by atoms with Crippen molar-refractivity contribution in [1.82, 2.24) is 4.98 Å². The van der Waals surface area contributed by atoms with Crippen LogP contribution in [0.1, 0.15) is 78.2 Å². The number of carbonyl (C=O) groups is 1. The van der Waals surface area contributed by atoms with Gasteiger partial charge in [0.15, 0.2) is 0 Å². The topological polar surface area (TPSA) is 48.4 Å². The van der Waals surface area contributed by atoms with Crippen molar-refractivity contribution in [2.75, 3.05) is 13.7 Å². The minimum atomic E-state index is -0.0686. The van der Waals surface area contributed by atoms with E-state index in [-0.39, 0.29) is 16.8 Å². The Labute approximate surface area is 216 Å². The molecule has 4 rings (SSSR count). The molecule has 0 amide bonds. The highest BCUT2D eigenvalue weighted by Gasteiger charge is 2.57. The molecule has 2 saturated carbocycles. The highest BCUT2D eigenvalue weighted by molar-refractivity contribution is 14.2. The highest BCUT2D eigenvalue weighted by Crippen LogP contribution is 2.66. The average Bonchev–Trinajstić information content (AvgIpc) is 3.20. The number of methoxy groups -OCH3 is 1. The maximum Gasteiger partial charge on any atom is 0.305 e. The van der Waals surface area contributed by atoms with Gasteiger partial charge in [-0.25, -0.2) is 0 Å². The maximum absolute atomic E-state index is 12.2. The lowest BCUT2D eigenvalue weighted by Gasteiger charge is -2.59. The van der Waals surface area contributed by atoms with Crippen molar-refractivity contribution in [3.63, 3.8) is 0 Å². The molecule has 3 aliphatic carbocycles. The van der Waals surface area contributed by atoms with Crippen LogP contribution >= 0.6 is 30.4 Å². The highest BCUT2D eigenvalue weighted by atomic mass is 127. The third kappa shape index (κ3) is 5.32. The summed E-state index contributed by atoms with van der Waals surface area (Å²) in [6.07, 6.45) is 13.9. The zero-order valence-electron chi connectivity index (χ0n) is 20.8. The van der Waals surface area contributed by atoms with Gasteiger partial charge in [0, 0.05) is 40.0 Å². The van der Waals surface area contributed by atoms with E-state index in [2.05, 4.69) is 58.2 Å². The number of carbonyl (C=O) groups excluding carboxylic acids is 1. The molecule has 0 N–H and O–H groups in total. The summed E-state index contributed by atoms with van der Waals surface area (Å²) in [5.74, 6) is 2.33. The largest absolute Gasteiger partial charge is 0.469 e. The minimum Gasteiger partial charge on any atom is -0.469 e. The lowest BCUT2D eigenvalue weighted by molar-refractivity contribution is -0.147. The summed E-state index contributed by atoms with van der Waals surface area (Å²) in [6, 6.07) is 4.27. The molecule has 0 aliphatic heterocycles. The zero-order chi connectivity index (χ0) is 24.1. The van der Waals surface area contributed by atoms with Crippen LogP contribution in [-0.2, 0) is 13.7 Å². The molecule has 184 valence electrons. The number of rotatable bonds is 7. The molecule has 0 aromatic carbocycles. The van der Waals surface area contributed by atoms with Gasteiger partial charge >= 0.3 is 5.97 Å². The lowest BCUT2D eigenvalue weighted by Crippen LogP contribution is -2.52. The second-order valence-electron chi connectivity index (χ2n) is 10.1. The fraction of sp³-hybridized carbons (Fsp3) is 0.704. The lowest BCUT2D eigenvalue weighted by atomic mass is 9.46. The Morgan fingerprint density at radius 3 is 2.70 bits per heavy atom. The van der Waals surface area contributed by atoms with Crippen LogP contribution in [0.15, 0.2) is 30.6 Å². The first-order valence-electron chi connectivity index (χ1n) is 12.5. The van der Waals surface area contributed by atoms with E-state index in [0.717, 1.165) is 19.4 Å². The molecule has 4 nitrogen and oxygen atoms in total. The molecule has 6 heteroatoms. The number of aromatic nitrogens is 1. The van der Waals surface area contributed by atoms with Crippen LogP contribution in [0.3, 0.4) is 0 Å². The summed E-state index contributed by atoms with van der Waals surface area (Å²) < 4.78 is 10.8. The van der Waals surface area contributed by atoms with Crippen LogP contribution in [0.25, 0.3) is 5.57 Å². The van der Waals surface area contributed by atoms with Crippen LogP contribution < -0.4 is 0 Å². The van der Waals surface area contributed by atoms with Gasteiger partial charge in [-0.15, -0.1) is 0 Å². The number of fused-ring (bicyclic) bond motifs is 3. The molecular weight excluding hydrogens is 545 g/mol.